The highest BCUT2D eigenvalue weighted by atomic mass is 79.9. The molecule has 31 heavy (non-hydrogen) atoms. The van der Waals surface area contributed by atoms with E-state index >= 15 is 0 Å². The van der Waals surface area contributed by atoms with E-state index in [-0.39, 0.29) is 11.8 Å². The van der Waals surface area contributed by atoms with Crippen molar-refractivity contribution < 1.29 is 4.79 Å². The van der Waals surface area contributed by atoms with Crippen LogP contribution in [0, 0.1) is 0 Å². The topological polar surface area (TPSA) is 38.1 Å². The second-order valence-corrected chi connectivity index (χ2v) is 9.32. The smallest absolute Gasteiger partial charge is 0.227 e. The van der Waals surface area contributed by atoms with Crippen LogP contribution < -0.4 is 4.90 Å². The number of para-hydroxylation sites is 3. The number of imidazole rings is 1. The van der Waals surface area contributed by atoms with Crippen molar-refractivity contribution in [3.8, 4) is 0 Å². The van der Waals surface area contributed by atoms with E-state index in [1.165, 1.54) is 0 Å². The number of aromatic nitrogens is 2. The normalized spacial score (nSPS) is 16.4. The van der Waals surface area contributed by atoms with Crippen LogP contribution in [0.3, 0.4) is 0 Å². The van der Waals surface area contributed by atoms with Gasteiger partial charge in [-0.05, 0) is 57.9 Å². The van der Waals surface area contributed by atoms with Gasteiger partial charge in [-0.1, -0.05) is 53.5 Å². The van der Waals surface area contributed by atoms with Crippen LogP contribution in [0.5, 0.6) is 0 Å². The van der Waals surface area contributed by atoms with Crippen LogP contribution >= 0.6 is 39.1 Å². The fraction of sp³-hybridized carbons (Fsp3) is 0.167. The molecule has 1 unspecified atom stereocenters. The summed E-state index contributed by atoms with van der Waals surface area (Å²) in [5.41, 5.74) is 3.88. The number of nitrogens with zero attached hydrogens (tertiary/aromatic N) is 3. The van der Waals surface area contributed by atoms with Gasteiger partial charge in [0, 0.05) is 29.9 Å². The van der Waals surface area contributed by atoms with E-state index in [1.54, 1.807) is 0 Å². The van der Waals surface area contributed by atoms with Gasteiger partial charge in [-0.25, -0.2) is 4.98 Å². The molecule has 0 N–H and O–H groups in total. The first-order valence-electron chi connectivity index (χ1n) is 9.95. The minimum atomic E-state index is -0.00483. The first kappa shape index (κ1) is 20.6. The van der Waals surface area contributed by atoms with Crippen molar-refractivity contribution >= 4 is 61.8 Å². The summed E-state index contributed by atoms with van der Waals surface area (Å²) in [6.45, 7) is 1.19. The molecule has 156 valence electrons. The number of hydrogen-bond acceptors (Lipinski definition) is 2. The summed E-state index contributed by atoms with van der Waals surface area (Å²) < 4.78 is 3.10. The molecule has 0 aliphatic carbocycles. The quantitative estimate of drug-likeness (QED) is 0.305. The molecule has 5 rings (SSSR count). The average molecular weight is 515 g/mol. The zero-order valence-electron chi connectivity index (χ0n) is 16.4. The Bertz CT molecular complexity index is 1300. The van der Waals surface area contributed by atoms with Crippen molar-refractivity contribution in [2.75, 3.05) is 11.4 Å². The summed E-state index contributed by atoms with van der Waals surface area (Å²) in [7, 11) is 0. The lowest BCUT2D eigenvalue weighted by molar-refractivity contribution is -0.117. The van der Waals surface area contributed by atoms with Gasteiger partial charge < -0.3 is 9.47 Å². The van der Waals surface area contributed by atoms with Crippen molar-refractivity contribution in [1.82, 2.24) is 9.55 Å². The number of hydrogen-bond donors (Lipinski definition) is 0. The monoisotopic (exact) mass is 513 g/mol. The van der Waals surface area contributed by atoms with Crippen molar-refractivity contribution in [1.29, 1.82) is 0 Å². The molecule has 1 aliphatic rings. The second kappa shape index (κ2) is 8.30. The highest BCUT2D eigenvalue weighted by Gasteiger charge is 2.35. The third-order valence-corrected chi connectivity index (χ3v) is 7.05. The first-order chi connectivity index (χ1) is 15.0. The standard InChI is InChI=1S/C24H18BrCl2N3O/c25-17-5-1-3-7-21(17)29-14-16(12-23(29)31)24-28-20-6-2-4-8-22(20)30(24)13-15-9-10-18(26)19(27)11-15/h1-11,16H,12-14H2. The predicted octanol–water partition coefficient (Wildman–Crippen LogP) is 6.67. The van der Waals surface area contributed by atoms with Gasteiger partial charge in [0.05, 0.1) is 26.8 Å². The SMILES string of the molecule is O=C1CC(c2nc3ccccc3n2Cc2ccc(Cl)c(Cl)c2)CN1c1ccccc1Br. The average Bonchev–Trinajstić information content (AvgIpc) is 3.32. The Morgan fingerprint density at radius 2 is 1.77 bits per heavy atom. The maximum absolute atomic E-state index is 12.9. The number of fused-ring (bicyclic) bond motifs is 1. The van der Waals surface area contributed by atoms with Crippen LogP contribution in [0.4, 0.5) is 5.69 Å². The van der Waals surface area contributed by atoms with Crippen LogP contribution in [0.2, 0.25) is 10.0 Å². The molecule has 7 heteroatoms. The molecular formula is C24H18BrCl2N3O. The number of carbonyl (C=O) groups is 1. The molecule has 3 aromatic carbocycles. The molecule has 1 atom stereocenters. The second-order valence-electron chi connectivity index (χ2n) is 7.65. The van der Waals surface area contributed by atoms with E-state index in [2.05, 4.69) is 26.6 Å². The Hall–Kier alpha value is -2.34. The Morgan fingerprint density at radius 3 is 2.58 bits per heavy atom. The number of benzene rings is 3. The zero-order chi connectivity index (χ0) is 21.5. The number of carbonyl (C=O) groups excluding carboxylic acids is 1. The van der Waals surface area contributed by atoms with Crippen LogP contribution in [0.1, 0.15) is 23.7 Å². The molecular weight excluding hydrogens is 497 g/mol. The van der Waals surface area contributed by atoms with E-state index < -0.39 is 0 Å². The zero-order valence-corrected chi connectivity index (χ0v) is 19.5. The van der Waals surface area contributed by atoms with Gasteiger partial charge in [-0.3, -0.25) is 4.79 Å². The molecule has 4 nitrogen and oxygen atoms in total. The molecule has 0 saturated carbocycles. The van der Waals surface area contributed by atoms with E-state index in [0.717, 1.165) is 32.6 Å². The highest BCUT2D eigenvalue weighted by Crippen LogP contribution is 2.36. The number of halogens is 3. The molecule has 0 spiro atoms. The number of amides is 1. The van der Waals surface area contributed by atoms with Crippen molar-refractivity contribution in [3.05, 3.63) is 92.6 Å². The van der Waals surface area contributed by atoms with Gasteiger partial charge in [0.1, 0.15) is 5.82 Å². The molecule has 1 saturated heterocycles. The maximum atomic E-state index is 12.9. The van der Waals surface area contributed by atoms with E-state index in [0.29, 0.717) is 29.6 Å². The largest absolute Gasteiger partial charge is 0.323 e. The molecule has 0 radical (unpaired) electrons. The Kier molecular flexibility index (Phi) is 5.51. The Labute approximate surface area is 198 Å². The summed E-state index contributed by atoms with van der Waals surface area (Å²) in [6.07, 6.45) is 0.423. The van der Waals surface area contributed by atoms with Gasteiger partial charge in [-0.2, -0.15) is 0 Å². The van der Waals surface area contributed by atoms with Gasteiger partial charge in [0.2, 0.25) is 5.91 Å². The summed E-state index contributed by atoms with van der Waals surface area (Å²) in [4.78, 5) is 19.7. The third-order valence-electron chi connectivity index (χ3n) is 5.64. The lowest BCUT2D eigenvalue weighted by Gasteiger charge is -2.19. The molecule has 1 fully saturated rings. The summed E-state index contributed by atoms with van der Waals surface area (Å²) in [5, 5.41) is 1.06. The number of rotatable bonds is 4. The highest BCUT2D eigenvalue weighted by molar-refractivity contribution is 9.10. The lowest BCUT2D eigenvalue weighted by atomic mass is 10.1. The molecule has 0 bridgehead atoms. The minimum absolute atomic E-state index is 0.00483. The van der Waals surface area contributed by atoms with Gasteiger partial charge in [0.15, 0.2) is 0 Å². The van der Waals surface area contributed by atoms with Crippen molar-refractivity contribution in [2.24, 2.45) is 0 Å². The Morgan fingerprint density at radius 1 is 1.00 bits per heavy atom. The van der Waals surface area contributed by atoms with Gasteiger partial charge in [0.25, 0.3) is 0 Å². The van der Waals surface area contributed by atoms with Crippen LogP contribution in [0.25, 0.3) is 11.0 Å². The van der Waals surface area contributed by atoms with E-state index in [9.17, 15) is 4.79 Å². The molecule has 4 aromatic rings. The third kappa shape index (κ3) is 3.86. The molecule has 1 aliphatic heterocycles. The summed E-state index contributed by atoms with van der Waals surface area (Å²) >= 11 is 15.9. The fourth-order valence-electron chi connectivity index (χ4n) is 4.18. The molecule has 1 amide bonds. The molecule has 1 aromatic heterocycles. The number of anilines is 1. The van der Waals surface area contributed by atoms with Crippen LogP contribution in [0.15, 0.2) is 71.2 Å². The van der Waals surface area contributed by atoms with Gasteiger partial charge >= 0.3 is 0 Å². The van der Waals surface area contributed by atoms with Crippen molar-refractivity contribution in [2.45, 2.75) is 18.9 Å². The minimum Gasteiger partial charge on any atom is -0.323 e. The van der Waals surface area contributed by atoms with Crippen molar-refractivity contribution in [3.63, 3.8) is 0 Å². The Balaban J connectivity index is 1.54. The predicted molar refractivity (Wildman–Crippen MR) is 129 cm³/mol. The van der Waals surface area contributed by atoms with Crippen LogP contribution in [-0.4, -0.2) is 22.0 Å². The summed E-state index contributed by atoms with van der Waals surface area (Å²) in [5.74, 6) is 1.01. The first-order valence-corrected chi connectivity index (χ1v) is 11.5. The molecule has 2 heterocycles. The maximum Gasteiger partial charge on any atom is 0.227 e. The van der Waals surface area contributed by atoms with Gasteiger partial charge in [-0.15, -0.1) is 0 Å². The van der Waals surface area contributed by atoms with E-state index in [1.807, 2.05) is 65.6 Å². The van der Waals surface area contributed by atoms with Crippen LogP contribution in [-0.2, 0) is 11.3 Å². The summed E-state index contributed by atoms with van der Waals surface area (Å²) in [6, 6.07) is 21.5. The van der Waals surface area contributed by atoms with E-state index in [4.69, 9.17) is 28.2 Å². The fourth-order valence-corrected chi connectivity index (χ4v) is 5.00. The lowest BCUT2D eigenvalue weighted by Crippen LogP contribution is -2.25.